The molecule has 0 radical (unpaired) electrons. The average molecular weight is 302 g/mol. The van der Waals surface area contributed by atoms with Gasteiger partial charge in [0, 0.05) is 16.1 Å². The minimum absolute atomic E-state index is 0.150. The molecule has 1 aromatic carbocycles. The van der Waals surface area contributed by atoms with Gasteiger partial charge in [-0.2, -0.15) is 0 Å². The zero-order valence-electron chi connectivity index (χ0n) is 8.63. The first kappa shape index (κ1) is 11.9. The van der Waals surface area contributed by atoms with Crippen LogP contribution in [0, 0.1) is 11.6 Å². The maximum Gasteiger partial charge on any atom is 0.261 e. The zero-order chi connectivity index (χ0) is 12.7. The summed E-state index contributed by atoms with van der Waals surface area (Å²) in [4.78, 5) is 23.6. The third-order valence-electron chi connectivity index (χ3n) is 2.31. The van der Waals surface area contributed by atoms with Gasteiger partial charge >= 0.3 is 0 Å². The van der Waals surface area contributed by atoms with E-state index in [4.69, 9.17) is 0 Å². The molecule has 2 rings (SSSR count). The molecule has 0 fully saturated rings. The van der Waals surface area contributed by atoms with E-state index in [0.29, 0.717) is 4.90 Å². The molecule has 3 nitrogen and oxygen atoms in total. The predicted octanol–water partition coefficient (Wildman–Crippen LogP) is 2.55. The van der Waals surface area contributed by atoms with E-state index in [-0.39, 0.29) is 10.0 Å². The first-order valence-corrected chi connectivity index (χ1v) is 5.42. The van der Waals surface area contributed by atoms with Crippen molar-refractivity contribution in [3.8, 4) is 0 Å². The van der Waals surface area contributed by atoms with Gasteiger partial charge in [-0.05, 0) is 19.1 Å². The molecule has 0 aliphatic carbocycles. The van der Waals surface area contributed by atoms with Crippen molar-refractivity contribution >= 4 is 33.4 Å². The molecule has 17 heavy (non-hydrogen) atoms. The smallest absolute Gasteiger partial charge is 0.261 e. The summed E-state index contributed by atoms with van der Waals surface area (Å²) in [7, 11) is 0. The van der Waals surface area contributed by atoms with Crippen LogP contribution in [-0.4, -0.2) is 11.8 Å². The van der Waals surface area contributed by atoms with Crippen LogP contribution in [-0.2, 0) is 9.59 Å². The Bertz CT molecular complexity index is 546. The highest BCUT2D eigenvalue weighted by Gasteiger charge is 2.33. The molecule has 0 saturated carbocycles. The van der Waals surface area contributed by atoms with Gasteiger partial charge in [0.1, 0.15) is 5.69 Å². The fourth-order valence-corrected chi connectivity index (χ4v) is 1.95. The average Bonchev–Trinajstić information content (AvgIpc) is 2.43. The number of rotatable bonds is 1. The van der Waals surface area contributed by atoms with E-state index in [0.717, 1.165) is 18.2 Å². The van der Waals surface area contributed by atoms with Gasteiger partial charge in [0.05, 0.1) is 0 Å². The van der Waals surface area contributed by atoms with Crippen molar-refractivity contribution in [2.24, 2.45) is 0 Å². The molecule has 0 atom stereocenters. The molecule has 0 saturated heterocycles. The van der Waals surface area contributed by atoms with Crippen LogP contribution < -0.4 is 4.90 Å². The number of halogens is 3. The van der Waals surface area contributed by atoms with Gasteiger partial charge in [-0.15, -0.1) is 0 Å². The number of hydrogen-bond donors (Lipinski definition) is 0. The molecule has 88 valence electrons. The Morgan fingerprint density at radius 1 is 1.18 bits per heavy atom. The van der Waals surface area contributed by atoms with Gasteiger partial charge in [-0.3, -0.25) is 9.59 Å². The lowest BCUT2D eigenvalue weighted by molar-refractivity contribution is -0.120. The lowest BCUT2D eigenvalue weighted by atomic mass is 10.2. The maximum absolute atomic E-state index is 13.6. The van der Waals surface area contributed by atoms with E-state index < -0.39 is 29.1 Å². The van der Waals surface area contributed by atoms with Gasteiger partial charge < -0.3 is 0 Å². The van der Waals surface area contributed by atoms with Gasteiger partial charge in [0.25, 0.3) is 11.8 Å². The highest BCUT2D eigenvalue weighted by molar-refractivity contribution is 9.10. The molecular weight excluding hydrogens is 296 g/mol. The van der Waals surface area contributed by atoms with Crippen LogP contribution in [0.1, 0.15) is 6.92 Å². The Hall–Kier alpha value is -1.56. The SMILES string of the molecule is CC1=CC(=O)N(c2c(F)cc(Br)cc2F)C1=O. The van der Waals surface area contributed by atoms with Gasteiger partial charge in [-0.25, -0.2) is 13.7 Å². The number of carbonyl (C=O) groups is 2. The number of hydrogen-bond acceptors (Lipinski definition) is 2. The molecule has 1 aromatic rings. The lowest BCUT2D eigenvalue weighted by Gasteiger charge is -2.16. The van der Waals surface area contributed by atoms with Crippen molar-refractivity contribution in [2.75, 3.05) is 4.90 Å². The maximum atomic E-state index is 13.6. The second kappa shape index (κ2) is 4.03. The van der Waals surface area contributed by atoms with E-state index in [1.165, 1.54) is 6.92 Å². The summed E-state index contributed by atoms with van der Waals surface area (Å²) in [5.41, 5.74) is -0.493. The summed E-state index contributed by atoms with van der Waals surface area (Å²) >= 11 is 2.92. The first-order chi connectivity index (χ1) is 7.91. The van der Waals surface area contributed by atoms with E-state index in [2.05, 4.69) is 15.9 Å². The summed E-state index contributed by atoms with van der Waals surface area (Å²) in [6.45, 7) is 1.41. The van der Waals surface area contributed by atoms with E-state index >= 15 is 0 Å². The molecule has 0 unspecified atom stereocenters. The first-order valence-electron chi connectivity index (χ1n) is 4.63. The van der Waals surface area contributed by atoms with E-state index in [1.807, 2.05) is 0 Å². The molecular formula is C11H6BrF2NO2. The van der Waals surface area contributed by atoms with Crippen LogP contribution in [0.3, 0.4) is 0 Å². The third-order valence-corrected chi connectivity index (χ3v) is 2.76. The van der Waals surface area contributed by atoms with Crippen LogP contribution in [0.25, 0.3) is 0 Å². The summed E-state index contributed by atoms with van der Waals surface area (Å²) in [5, 5.41) is 0. The molecule has 0 spiro atoms. The lowest BCUT2D eigenvalue weighted by Crippen LogP contribution is -2.32. The van der Waals surface area contributed by atoms with Crippen LogP contribution in [0.4, 0.5) is 14.5 Å². The fourth-order valence-electron chi connectivity index (χ4n) is 1.55. The second-order valence-electron chi connectivity index (χ2n) is 3.52. The number of benzene rings is 1. The molecule has 0 bridgehead atoms. The Balaban J connectivity index is 2.57. The zero-order valence-corrected chi connectivity index (χ0v) is 10.2. The molecule has 1 heterocycles. The van der Waals surface area contributed by atoms with Gasteiger partial charge in [-0.1, -0.05) is 15.9 Å². The van der Waals surface area contributed by atoms with Gasteiger partial charge in [0.15, 0.2) is 11.6 Å². The third kappa shape index (κ3) is 1.88. The van der Waals surface area contributed by atoms with Gasteiger partial charge in [0.2, 0.25) is 0 Å². The van der Waals surface area contributed by atoms with Crippen molar-refractivity contribution in [3.05, 3.63) is 39.9 Å². The van der Waals surface area contributed by atoms with Crippen molar-refractivity contribution in [1.82, 2.24) is 0 Å². The molecule has 0 aromatic heterocycles. The highest BCUT2D eigenvalue weighted by Crippen LogP contribution is 2.30. The monoisotopic (exact) mass is 301 g/mol. The number of anilines is 1. The van der Waals surface area contributed by atoms with Crippen molar-refractivity contribution in [1.29, 1.82) is 0 Å². The highest BCUT2D eigenvalue weighted by atomic mass is 79.9. The Labute approximate surface area is 104 Å². The summed E-state index contributed by atoms with van der Waals surface area (Å²) in [6.07, 6.45) is 1.04. The van der Waals surface area contributed by atoms with Crippen LogP contribution >= 0.6 is 15.9 Å². The van der Waals surface area contributed by atoms with Crippen LogP contribution in [0.5, 0.6) is 0 Å². The second-order valence-corrected chi connectivity index (χ2v) is 4.44. The molecule has 1 aliphatic rings. The Kier molecular flexibility index (Phi) is 2.82. The fraction of sp³-hybridized carbons (Fsp3) is 0.0909. The summed E-state index contributed by atoms with van der Waals surface area (Å²) in [5.74, 6) is -3.40. The van der Waals surface area contributed by atoms with E-state index in [9.17, 15) is 18.4 Å². The van der Waals surface area contributed by atoms with Crippen molar-refractivity contribution in [2.45, 2.75) is 6.92 Å². The molecule has 6 heteroatoms. The topological polar surface area (TPSA) is 37.4 Å². The normalized spacial score (nSPS) is 15.5. The minimum atomic E-state index is -0.971. The quantitative estimate of drug-likeness (QED) is 0.748. The van der Waals surface area contributed by atoms with Crippen LogP contribution in [0.15, 0.2) is 28.3 Å². The predicted molar refractivity (Wildman–Crippen MR) is 60.3 cm³/mol. The molecule has 0 N–H and O–H groups in total. The van der Waals surface area contributed by atoms with Crippen LogP contribution in [0.2, 0.25) is 0 Å². The Morgan fingerprint density at radius 2 is 1.71 bits per heavy atom. The molecule has 1 aliphatic heterocycles. The number of nitrogens with zero attached hydrogens (tertiary/aromatic N) is 1. The minimum Gasteiger partial charge on any atom is -0.269 e. The number of carbonyl (C=O) groups excluding carboxylic acids is 2. The largest absolute Gasteiger partial charge is 0.269 e. The van der Waals surface area contributed by atoms with E-state index in [1.54, 1.807) is 0 Å². The standard InChI is InChI=1S/C11H6BrF2NO2/c1-5-2-9(16)15(11(5)17)10-7(13)3-6(12)4-8(10)14/h2-4H,1H3. The Morgan fingerprint density at radius 3 is 2.12 bits per heavy atom. The van der Waals surface area contributed by atoms with Crippen molar-refractivity contribution in [3.63, 3.8) is 0 Å². The summed E-state index contributed by atoms with van der Waals surface area (Å²) < 4.78 is 27.4. The number of imide groups is 1. The summed E-state index contributed by atoms with van der Waals surface area (Å²) in [6, 6.07) is 1.99. The van der Waals surface area contributed by atoms with Crippen molar-refractivity contribution < 1.29 is 18.4 Å². The molecule has 2 amide bonds. The number of amides is 2.